The van der Waals surface area contributed by atoms with Crippen molar-refractivity contribution in [2.45, 2.75) is 32.1 Å². The second-order valence-corrected chi connectivity index (χ2v) is 6.86. The van der Waals surface area contributed by atoms with Crippen LogP contribution < -0.4 is 10.9 Å². The van der Waals surface area contributed by atoms with Crippen LogP contribution >= 0.6 is 0 Å². The number of nitrogens with one attached hydrogen (secondary N) is 2. The maximum absolute atomic E-state index is 12.6. The van der Waals surface area contributed by atoms with E-state index in [-0.39, 0.29) is 17.4 Å². The van der Waals surface area contributed by atoms with Gasteiger partial charge >= 0.3 is 0 Å². The SMILES string of the molecule is O=C(Nc1ccc[nH]c1=O)C1C2CC3CC(C2)CC1C3. The zero-order chi connectivity index (χ0) is 13.7. The maximum atomic E-state index is 12.6. The van der Waals surface area contributed by atoms with Crippen LogP contribution in [-0.4, -0.2) is 10.9 Å². The average Bonchev–Trinajstić information content (AvgIpc) is 2.40. The Hall–Kier alpha value is -1.58. The fraction of sp³-hybridized carbons (Fsp3) is 0.625. The molecule has 0 saturated heterocycles. The molecule has 2 N–H and O–H groups in total. The molecule has 1 heterocycles. The lowest BCUT2D eigenvalue weighted by Gasteiger charge is -2.53. The van der Waals surface area contributed by atoms with Gasteiger partial charge in [0.15, 0.2) is 0 Å². The highest BCUT2D eigenvalue weighted by molar-refractivity contribution is 5.92. The fourth-order valence-electron chi connectivity index (χ4n) is 5.09. The Morgan fingerprint density at radius 2 is 1.75 bits per heavy atom. The van der Waals surface area contributed by atoms with Crippen molar-refractivity contribution >= 4 is 11.6 Å². The van der Waals surface area contributed by atoms with Crippen molar-refractivity contribution < 1.29 is 4.79 Å². The number of anilines is 1. The van der Waals surface area contributed by atoms with Crippen LogP contribution in [0.15, 0.2) is 23.1 Å². The van der Waals surface area contributed by atoms with E-state index in [0.29, 0.717) is 17.5 Å². The highest BCUT2D eigenvalue weighted by Crippen LogP contribution is 2.56. The molecule has 0 radical (unpaired) electrons. The number of rotatable bonds is 2. The standard InChI is InChI=1S/C16H20N2O2/c19-15-13(2-1-3-17-15)18-16(20)14-11-5-9-4-10(7-11)8-12(14)6-9/h1-3,9-12,14H,4-8H2,(H,17,19)(H,18,20). The van der Waals surface area contributed by atoms with Crippen LogP contribution in [0.5, 0.6) is 0 Å². The first-order valence-corrected chi connectivity index (χ1v) is 7.69. The quantitative estimate of drug-likeness (QED) is 0.868. The smallest absolute Gasteiger partial charge is 0.271 e. The molecule has 106 valence electrons. The van der Waals surface area contributed by atoms with Gasteiger partial charge in [-0.2, -0.15) is 0 Å². The molecular formula is C16H20N2O2. The normalized spacial score (nSPS) is 37.9. The van der Waals surface area contributed by atoms with Crippen LogP contribution in [0.1, 0.15) is 32.1 Å². The van der Waals surface area contributed by atoms with Gasteiger partial charge in [-0.05, 0) is 67.9 Å². The predicted molar refractivity (Wildman–Crippen MR) is 76.2 cm³/mol. The summed E-state index contributed by atoms with van der Waals surface area (Å²) in [7, 11) is 0. The van der Waals surface area contributed by atoms with Gasteiger partial charge in [0.25, 0.3) is 5.56 Å². The first-order valence-electron chi connectivity index (χ1n) is 7.69. The summed E-state index contributed by atoms with van der Waals surface area (Å²) in [6, 6.07) is 3.42. The minimum Gasteiger partial charge on any atom is -0.327 e. The summed E-state index contributed by atoms with van der Waals surface area (Å²) in [6.07, 6.45) is 7.85. The second-order valence-electron chi connectivity index (χ2n) is 6.86. The van der Waals surface area contributed by atoms with Crippen molar-refractivity contribution in [1.82, 2.24) is 4.98 Å². The Kier molecular flexibility index (Phi) is 2.72. The maximum Gasteiger partial charge on any atom is 0.271 e. The van der Waals surface area contributed by atoms with E-state index in [1.54, 1.807) is 18.3 Å². The molecule has 4 nitrogen and oxygen atoms in total. The van der Waals surface area contributed by atoms with Crippen molar-refractivity contribution in [1.29, 1.82) is 0 Å². The summed E-state index contributed by atoms with van der Waals surface area (Å²) >= 11 is 0. The summed E-state index contributed by atoms with van der Waals surface area (Å²) < 4.78 is 0. The van der Waals surface area contributed by atoms with Gasteiger partial charge in [0.05, 0.1) is 0 Å². The van der Waals surface area contributed by atoms with Gasteiger partial charge in [0.2, 0.25) is 5.91 Å². The molecule has 0 atom stereocenters. The minimum absolute atomic E-state index is 0.0653. The molecule has 4 bridgehead atoms. The van der Waals surface area contributed by atoms with Gasteiger partial charge in [-0.15, -0.1) is 0 Å². The monoisotopic (exact) mass is 272 g/mol. The van der Waals surface area contributed by atoms with Gasteiger partial charge < -0.3 is 10.3 Å². The lowest BCUT2D eigenvalue weighted by Crippen LogP contribution is -2.49. The topological polar surface area (TPSA) is 62.0 Å². The fourth-order valence-corrected chi connectivity index (χ4v) is 5.09. The summed E-state index contributed by atoms with van der Waals surface area (Å²) in [4.78, 5) is 26.9. The Bertz CT molecular complexity index is 564. The van der Waals surface area contributed by atoms with Gasteiger partial charge in [-0.25, -0.2) is 0 Å². The summed E-state index contributed by atoms with van der Waals surface area (Å²) in [6.45, 7) is 0. The second kappa shape index (κ2) is 4.47. The molecule has 4 saturated carbocycles. The van der Waals surface area contributed by atoms with Crippen molar-refractivity contribution in [3.05, 3.63) is 28.7 Å². The minimum atomic E-state index is -0.218. The van der Waals surface area contributed by atoms with Crippen LogP contribution in [0.4, 0.5) is 5.69 Å². The Balaban J connectivity index is 1.54. The molecule has 1 aromatic rings. The third-order valence-electron chi connectivity index (χ3n) is 5.61. The van der Waals surface area contributed by atoms with E-state index in [1.165, 1.54) is 32.1 Å². The van der Waals surface area contributed by atoms with E-state index in [9.17, 15) is 9.59 Å². The summed E-state index contributed by atoms with van der Waals surface area (Å²) in [5, 5.41) is 2.86. The van der Waals surface area contributed by atoms with Gasteiger partial charge in [0.1, 0.15) is 5.69 Å². The Morgan fingerprint density at radius 3 is 2.35 bits per heavy atom. The van der Waals surface area contributed by atoms with Gasteiger partial charge in [0, 0.05) is 12.1 Å². The summed E-state index contributed by atoms with van der Waals surface area (Å²) in [5.74, 6) is 3.02. The number of amides is 1. The molecule has 5 rings (SSSR count). The lowest BCUT2D eigenvalue weighted by atomic mass is 9.51. The molecule has 1 aromatic heterocycles. The molecular weight excluding hydrogens is 252 g/mol. The number of H-pyrrole nitrogens is 1. The average molecular weight is 272 g/mol. The van der Waals surface area contributed by atoms with Crippen LogP contribution in [0, 0.1) is 29.6 Å². The number of hydrogen-bond acceptors (Lipinski definition) is 2. The zero-order valence-corrected chi connectivity index (χ0v) is 11.5. The number of aromatic nitrogens is 1. The van der Waals surface area contributed by atoms with E-state index < -0.39 is 0 Å². The number of carbonyl (C=O) groups is 1. The number of pyridine rings is 1. The van der Waals surface area contributed by atoms with Crippen LogP contribution in [0.25, 0.3) is 0 Å². The third kappa shape index (κ3) is 1.89. The van der Waals surface area contributed by atoms with E-state index in [1.807, 2.05) is 0 Å². The highest BCUT2D eigenvalue weighted by atomic mass is 16.2. The van der Waals surface area contributed by atoms with Crippen LogP contribution in [0.3, 0.4) is 0 Å². The molecule has 0 spiro atoms. The predicted octanol–water partition coefficient (Wildman–Crippen LogP) is 2.39. The summed E-state index contributed by atoms with van der Waals surface area (Å²) in [5.41, 5.74) is 0.163. The number of aromatic amines is 1. The zero-order valence-electron chi connectivity index (χ0n) is 11.5. The largest absolute Gasteiger partial charge is 0.327 e. The van der Waals surface area contributed by atoms with Gasteiger partial charge in [-0.1, -0.05) is 0 Å². The highest BCUT2D eigenvalue weighted by Gasteiger charge is 2.50. The Morgan fingerprint density at radius 1 is 1.10 bits per heavy atom. The molecule has 4 aliphatic rings. The molecule has 4 aliphatic carbocycles. The molecule has 20 heavy (non-hydrogen) atoms. The van der Waals surface area contributed by atoms with Crippen LogP contribution in [0.2, 0.25) is 0 Å². The van der Waals surface area contributed by atoms with E-state index in [4.69, 9.17) is 0 Å². The van der Waals surface area contributed by atoms with E-state index in [0.717, 1.165) is 11.8 Å². The molecule has 0 aromatic carbocycles. The van der Waals surface area contributed by atoms with Gasteiger partial charge in [-0.3, -0.25) is 9.59 Å². The lowest BCUT2D eigenvalue weighted by molar-refractivity contribution is -0.132. The van der Waals surface area contributed by atoms with Crippen molar-refractivity contribution in [3.63, 3.8) is 0 Å². The first-order chi connectivity index (χ1) is 9.70. The third-order valence-corrected chi connectivity index (χ3v) is 5.61. The van der Waals surface area contributed by atoms with E-state index >= 15 is 0 Å². The number of carbonyl (C=O) groups excluding carboxylic acids is 1. The van der Waals surface area contributed by atoms with Crippen molar-refractivity contribution in [3.8, 4) is 0 Å². The Labute approximate surface area is 118 Å². The van der Waals surface area contributed by atoms with Crippen molar-refractivity contribution in [2.75, 3.05) is 5.32 Å². The van der Waals surface area contributed by atoms with Crippen LogP contribution in [-0.2, 0) is 4.79 Å². The molecule has 4 heteroatoms. The number of hydrogen-bond donors (Lipinski definition) is 2. The first kappa shape index (κ1) is 12.2. The molecule has 1 amide bonds. The molecule has 4 fully saturated rings. The van der Waals surface area contributed by atoms with E-state index in [2.05, 4.69) is 10.3 Å². The molecule has 0 aliphatic heterocycles. The molecule has 0 unspecified atom stereocenters. The van der Waals surface area contributed by atoms with Crippen molar-refractivity contribution in [2.24, 2.45) is 29.6 Å².